The predicted molar refractivity (Wildman–Crippen MR) is 105 cm³/mol. The summed E-state index contributed by atoms with van der Waals surface area (Å²) >= 11 is 0. The molecule has 0 unspecified atom stereocenters. The van der Waals surface area contributed by atoms with Crippen molar-refractivity contribution in [2.45, 2.75) is 6.42 Å². The lowest BCUT2D eigenvalue weighted by atomic mass is 10.1. The molecule has 9 nitrogen and oxygen atoms in total. The first-order valence-electron chi connectivity index (χ1n) is 8.32. The Labute approximate surface area is 162 Å². The van der Waals surface area contributed by atoms with Gasteiger partial charge in [0.25, 0.3) is 11.6 Å². The largest absolute Gasteiger partial charge is 0.278 e. The zero-order valence-corrected chi connectivity index (χ0v) is 16.0. The van der Waals surface area contributed by atoms with Crippen molar-refractivity contribution in [3.05, 3.63) is 75.8 Å². The Hall–Kier alpha value is -3.11. The van der Waals surface area contributed by atoms with Gasteiger partial charge >= 0.3 is 0 Å². The van der Waals surface area contributed by atoms with Crippen LogP contribution >= 0.6 is 0 Å². The number of nitrogens with one attached hydrogen (secondary N) is 1. The van der Waals surface area contributed by atoms with Gasteiger partial charge in [-0.25, -0.2) is 13.8 Å². The molecule has 0 spiro atoms. The summed E-state index contributed by atoms with van der Waals surface area (Å²) in [6.45, 7) is -0.260. The normalized spacial score (nSPS) is 11.6. The summed E-state index contributed by atoms with van der Waals surface area (Å²) in [4.78, 5) is 22.4. The quantitative estimate of drug-likeness (QED) is 0.386. The number of rotatable bonds is 9. The lowest BCUT2D eigenvalue weighted by Crippen LogP contribution is -2.40. The van der Waals surface area contributed by atoms with Crippen molar-refractivity contribution in [1.29, 1.82) is 0 Å². The molecule has 0 fully saturated rings. The monoisotopic (exact) mass is 404 g/mol. The van der Waals surface area contributed by atoms with Crippen LogP contribution in [0.4, 0.5) is 5.69 Å². The third-order valence-electron chi connectivity index (χ3n) is 3.81. The fourth-order valence-corrected chi connectivity index (χ4v) is 3.17. The van der Waals surface area contributed by atoms with E-state index < -0.39 is 27.4 Å². The van der Waals surface area contributed by atoms with Crippen LogP contribution in [-0.2, 0) is 21.2 Å². The van der Waals surface area contributed by atoms with Gasteiger partial charge < -0.3 is 0 Å². The van der Waals surface area contributed by atoms with E-state index in [-0.39, 0.29) is 17.8 Å². The number of para-hydroxylation sites is 1. The van der Waals surface area contributed by atoms with Crippen LogP contribution in [0.1, 0.15) is 11.1 Å². The average molecular weight is 404 g/mol. The van der Waals surface area contributed by atoms with E-state index in [1.807, 2.05) is 30.3 Å². The summed E-state index contributed by atoms with van der Waals surface area (Å²) in [6.07, 6.45) is 2.63. The highest BCUT2D eigenvalue weighted by Gasteiger charge is 2.20. The first-order valence-corrected chi connectivity index (χ1v) is 10.2. The van der Waals surface area contributed by atoms with E-state index in [9.17, 15) is 23.3 Å². The topological polar surface area (TPSA) is 122 Å². The summed E-state index contributed by atoms with van der Waals surface area (Å²) in [7, 11) is -3.59. The molecule has 0 aromatic heterocycles. The summed E-state index contributed by atoms with van der Waals surface area (Å²) in [5.74, 6) is -0.645. The van der Waals surface area contributed by atoms with Crippen LogP contribution in [0.25, 0.3) is 0 Å². The molecule has 0 aliphatic carbocycles. The molecule has 10 heteroatoms. The molecule has 0 atom stereocenters. The molecule has 2 rings (SSSR count). The fraction of sp³-hybridized carbons (Fsp3) is 0.222. The molecule has 1 N–H and O–H groups in total. The van der Waals surface area contributed by atoms with E-state index in [4.69, 9.17) is 0 Å². The second-order valence-electron chi connectivity index (χ2n) is 5.94. The highest BCUT2D eigenvalue weighted by Crippen LogP contribution is 2.15. The number of amides is 1. The van der Waals surface area contributed by atoms with Gasteiger partial charge in [0.15, 0.2) is 0 Å². The van der Waals surface area contributed by atoms with Crippen molar-refractivity contribution in [2.24, 2.45) is 5.10 Å². The highest BCUT2D eigenvalue weighted by molar-refractivity contribution is 7.88. The SMILES string of the molecule is CS(=O)(=O)N(CCc1ccccc1)CC(=O)N/N=C/c1ccccc1[N+](=O)[O-]. The molecule has 0 saturated heterocycles. The highest BCUT2D eigenvalue weighted by atomic mass is 32.2. The van der Waals surface area contributed by atoms with Crippen LogP contribution in [0.15, 0.2) is 59.7 Å². The number of sulfonamides is 1. The van der Waals surface area contributed by atoms with Crippen LogP contribution in [-0.4, -0.2) is 49.1 Å². The van der Waals surface area contributed by atoms with Crippen LogP contribution in [0.3, 0.4) is 0 Å². The van der Waals surface area contributed by atoms with Gasteiger partial charge in [-0.1, -0.05) is 42.5 Å². The molecule has 2 aromatic rings. The first-order chi connectivity index (χ1) is 13.3. The Morgan fingerprint density at radius 3 is 2.46 bits per heavy atom. The van der Waals surface area contributed by atoms with Crippen molar-refractivity contribution in [1.82, 2.24) is 9.73 Å². The van der Waals surface area contributed by atoms with Crippen molar-refractivity contribution in [3.8, 4) is 0 Å². The molecular weight excluding hydrogens is 384 g/mol. The first kappa shape index (κ1) is 21.2. The molecule has 0 heterocycles. The molecule has 2 aromatic carbocycles. The Kier molecular flexibility index (Phi) is 7.36. The number of nitro benzene ring substituents is 1. The van der Waals surface area contributed by atoms with Crippen molar-refractivity contribution < 1.29 is 18.1 Å². The van der Waals surface area contributed by atoms with Crippen molar-refractivity contribution in [2.75, 3.05) is 19.3 Å². The number of hydrogen-bond donors (Lipinski definition) is 1. The van der Waals surface area contributed by atoms with E-state index >= 15 is 0 Å². The Balaban J connectivity index is 1.97. The third-order valence-corrected chi connectivity index (χ3v) is 5.06. The lowest BCUT2D eigenvalue weighted by Gasteiger charge is -2.18. The van der Waals surface area contributed by atoms with Crippen LogP contribution < -0.4 is 5.43 Å². The second kappa shape index (κ2) is 9.72. The van der Waals surface area contributed by atoms with E-state index in [1.54, 1.807) is 6.07 Å². The van der Waals surface area contributed by atoms with E-state index in [0.29, 0.717) is 6.42 Å². The number of benzene rings is 2. The number of nitrogens with zero attached hydrogens (tertiary/aromatic N) is 3. The Bertz CT molecular complexity index is 961. The van der Waals surface area contributed by atoms with Crippen molar-refractivity contribution in [3.63, 3.8) is 0 Å². The predicted octanol–water partition coefficient (Wildman–Crippen LogP) is 1.55. The number of carbonyl (C=O) groups is 1. The summed E-state index contributed by atoms with van der Waals surface area (Å²) < 4.78 is 24.9. The van der Waals surface area contributed by atoms with Gasteiger partial charge in [0, 0.05) is 12.6 Å². The maximum atomic E-state index is 12.1. The minimum Gasteiger partial charge on any atom is -0.272 e. The summed E-state index contributed by atoms with van der Waals surface area (Å²) in [5.41, 5.74) is 3.22. The molecule has 0 radical (unpaired) electrons. The standard InChI is InChI=1S/C18H20N4O5S/c1-28(26,27)21(12-11-15-7-3-2-4-8-15)14-18(23)20-19-13-16-9-5-6-10-17(16)22(24)25/h2-10,13H,11-12,14H2,1H3,(H,20,23)/b19-13+. The fourth-order valence-electron chi connectivity index (χ4n) is 2.39. The summed E-state index contributed by atoms with van der Waals surface area (Å²) in [5, 5.41) is 14.6. The molecule has 0 bridgehead atoms. The maximum Gasteiger partial charge on any atom is 0.278 e. The van der Waals surface area contributed by atoms with Gasteiger partial charge in [-0.15, -0.1) is 0 Å². The molecule has 148 valence electrons. The van der Waals surface area contributed by atoms with Gasteiger partial charge in [-0.2, -0.15) is 9.41 Å². The number of nitro groups is 1. The van der Waals surface area contributed by atoms with Gasteiger partial charge in [0.1, 0.15) is 0 Å². The van der Waals surface area contributed by atoms with Crippen molar-refractivity contribution >= 4 is 27.8 Å². The zero-order chi connectivity index (χ0) is 20.6. The minimum absolute atomic E-state index is 0.143. The van der Waals surface area contributed by atoms with E-state index in [2.05, 4.69) is 10.5 Å². The smallest absolute Gasteiger partial charge is 0.272 e. The molecule has 0 saturated carbocycles. The third kappa shape index (κ3) is 6.56. The molecule has 0 aliphatic heterocycles. The zero-order valence-electron chi connectivity index (χ0n) is 15.2. The molecule has 1 amide bonds. The second-order valence-corrected chi connectivity index (χ2v) is 7.92. The molecule has 28 heavy (non-hydrogen) atoms. The Morgan fingerprint density at radius 1 is 1.18 bits per heavy atom. The number of hydrazone groups is 1. The maximum absolute atomic E-state index is 12.1. The summed E-state index contributed by atoms with van der Waals surface area (Å²) in [6, 6.07) is 15.2. The van der Waals surface area contributed by atoms with Gasteiger partial charge in [-0.3, -0.25) is 14.9 Å². The number of carbonyl (C=O) groups excluding carboxylic acids is 1. The van der Waals surface area contributed by atoms with Crippen LogP contribution in [0.5, 0.6) is 0 Å². The molecular formula is C18H20N4O5S. The van der Waals surface area contributed by atoms with Gasteiger partial charge in [0.05, 0.1) is 29.5 Å². The van der Waals surface area contributed by atoms with E-state index in [0.717, 1.165) is 22.3 Å². The van der Waals surface area contributed by atoms with E-state index in [1.165, 1.54) is 18.2 Å². The molecule has 0 aliphatic rings. The lowest BCUT2D eigenvalue weighted by molar-refractivity contribution is -0.385. The Morgan fingerprint density at radius 2 is 1.82 bits per heavy atom. The van der Waals surface area contributed by atoms with Gasteiger partial charge in [0.2, 0.25) is 10.0 Å². The number of hydrogen-bond acceptors (Lipinski definition) is 6. The van der Waals surface area contributed by atoms with Crippen LogP contribution in [0, 0.1) is 10.1 Å². The minimum atomic E-state index is -3.59. The van der Waals surface area contributed by atoms with Gasteiger partial charge in [-0.05, 0) is 18.1 Å². The average Bonchev–Trinajstić information content (AvgIpc) is 2.65. The van der Waals surface area contributed by atoms with Crippen LogP contribution in [0.2, 0.25) is 0 Å².